The Hall–Kier alpha value is -1.37. The minimum absolute atomic E-state index is 0.507. The van der Waals surface area contributed by atoms with Crippen LogP contribution >= 0.6 is 22.6 Å². The van der Waals surface area contributed by atoms with E-state index < -0.39 is 0 Å². The molecule has 1 aromatic heterocycles. The van der Waals surface area contributed by atoms with Crippen molar-refractivity contribution in [2.75, 3.05) is 11.9 Å². The summed E-state index contributed by atoms with van der Waals surface area (Å²) in [5, 5.41) is 3.23. The average molecular weight is 381 g/mol. The highest BCUT2D eigenvalue weighted by Gasteiger charge is 2.27. The van der Waals surface area contributed by atoms with Crippen molar-refractivity contribution in [2.45, 2.75) is 25.7 Å². The molecule has 1 aromatic carbocycles. The van der Waals surface area contributed by atoms with Gasteiger partial charge in [-0.25, -0.2) is 4.98 Å². The van der Waals surface area contributed by atoms with Crippen molar-refractivity contribution in [3.63, 3.8) is 0 Å². The van der Waals surface area contributed by atoms with Crippen LogP contribution in [0, 0.1) is 3.57 Å². The number of anilines is 1. The summed E-state index contributed by atoms with van der Waals surface area (Å²) in [7, 11) is 0. The molecular formula is C15H16IN3O. The Morgan fingerprint density at radius 3 is 2.65 bits per heavy atom. The summed E-state index contributed by atoms with van der Waals surface area (Å²) >= 11 is 2.27. The number of aromatic nitrogens is 2. The maximum Gasteiger partial charge on any atom is 0.224 e. The molecule has 0 bridgehead atoms. The van der Waals surface area contributed by atoms with Crippen LogP contribution in [0.2, 0.25) is 0 Å². The Kier molecular flexibility index (Phi) is 4.05. The standard InChI is InChI=1S/C15H16IN3O/c1-2-17-13-9-14(19-15(18-13)10-3-4-10)20-12-7-5-11(16)6-8-12/h5-10H,2-4H2,1H3,(H,17,18,19). The largest absolute Gasteiger partial charge is 0.439 e. The first-order valence-corrected chi connectivity index (χ1v) is 7.88. The molecule has 1 N–H and O–H groups in total. The zero-order chi connectivity index (χ0) is 13.9. The van der Waals surface area contributed by atoms with Gasteiger partial charge in [0.25, 0.3) is 0 Å². The van der Waals surface area contributed by atoms with Crippen molar-refractivity contribution in [2.24, 2.45) is 0 Å². The van der Waals surface area contributed by atoms with E-state index in [1.165, 1.54) is 16.4 Å². The third-order valence-corrected chi connectivity index (χ3v) is 3.78. The zero-order valence-electron chi connectivity index (χ0n) is 11.3. The fourth-order valence-corrected chi connectivity index (χ4v) is 2.27. The van der Waals surface area contributed by atoms with Crippen LogP contribution in [0.4, 0.5) is 5.82 Å². The van der Waals surface area contributed by atoms with Gasteiger partial charge in [0.05, 0.1) is 0 Å². The smallest absolute Gasteiger partial charge is 0.224 e. The lowest BCUT2D eigenvalue weighted by Gasteiger charge is -2.09. The second kappa shape index (κ2) is 5.95. The summed E-state index contributed by atoms with van der Waals surface area (Å²) in [5.41, 5.74) is 0. The van der Waals surface area contributed by atoms with E-state index >= 15 is 0 Å². The number of nitrogens with zero attached hydrogens (tertiary/aromatic N) is 2. The summed E-state index contributed by atoms with van der Waals surface area (Å²) in [5.74, 6) is 3.65. The summed E-state index contributed by atoms with van der Waals surface area (Å²) in [6.07, 6.45) is 2.36. The molecule has 1 heterocycles. The van der Waals surface area contributed by atoms with Crippen molar-refractivity contribution < 1.29 is 4.74 Å². The summed E-state index contributed by atoms with van der Waals surface area (Å²) in [4.78, 5) is 9.06. The van der Waals surface area contributed by atoms with Crippen LogP contribution in [0.3, 0.4) is 0 Å². The van der Waals surface area contributed by atoms with Crippen LogP contribution in [0.25, 0.3) is 0 Å². The van der Waals surface area contributed by atoms with Gasteiger partial charge in [0.2, 0.25) is 5.88 Å². The first kappa shape index (κ1) is 13.6. The van der Waals surface area contributed by atoms with Gasteiger partial charge in [-0.3, -0.25) is 0 Å². The van der Waals surface area contributed by atoms with Gasteiger partial charge < -0.3 is 10.1 Å². The van der Waals surface area contributed by atoms with E-state index in [1.54, 1.807) is 0 Å². The van der Waals surface area contributed by atoms with Crippen molar-refractivity contribution >= 4 is 28.4 Å². The van der Waals surface area contributed by atoms with E-state index in [0.717, 1.165) is 23.9 Å². The number of ether oxygens (including phenoxy) is 1. The number of benzene rings is 1. The molecule has 1 saturated carbocycles. The molecule has 4 nitrogen and oxygen atoms in total. The van der Waals surface area contributed by atoms with E-state index in [2.05, 4.69) is 44.8 Å². The normalized spacial score (nSPS) is 14.1. The molecule has 0 spiro atoms. The van der Waals surface area contributed by atoms with Gasteiger partial charge in [0, 0.05) is 22.1 Å². The van der Waals surface area contributed by atoms with E-state index in [4.69, 9.17) is 4.74 Å². The van der Waals surface area contributed by atoms with Crippen LogP contribution in [0.15, 0.2) is 30.3 Å². The Balaban J connectivity index is 1.85. The van der Waals surface area contributed by atoms with Gasteiger partial charge in [0.1, 0.15) is 17.4 Å². The number of halogens is 1. The molecule has 0 amide bonds. The average Bonchev–Trinajstić information content (AvgIpc) is 3.26. The van der Waals surface area contributed by atoms with Crippen molar-refractivity contribution in [3.8, 4) is 11.6 Å². The van der Waals surface area contributed by atoms with Gasteiger partial charge >= 0.3 is 0 Å². The number of rotatable bonds is 5. The fourth-order valence-electron chi connectivity index (χ4n) is 1.91. The quantitative estimate of drug-likeness (QED) is 0.790. The fraction of sp³-hybridized carbons (Fsp3) is 0.333. The highest BCUT2D eigenvalue weighted by Crippen LogP contribution is 2.39. The lowest BCUT2D eigenvalue weighted by molar-refractivity contribution is 0.459. The molecule has 104 valence electrons. The lowest BCUT2D eigenvalue weighted by Crippen LogP contribution is -2.04. The van der Waals surface area contributed by atoms with Crippen molar-refractivity contribution in [3.05, 3.63) is 39.7 Å². The molecule has 20 heavy (non-hydrogen) atoms. The number of hydrogen-bond donors (Lipinski definition) is 1. The predicted octanol–water partition coefficient (Wildman–Crippen LogP) is 4.18. The lowest BCUT2D eigenvalue weighted by atomic mass is 10.3. The van der Waals surface area contributed by atoms with Gasteiger partial charge in [-0.05, 0) is 66.6 Å². The number of nitrogens with one attached hydrogen (secondary N) is 1. The highest BCUT2D eigenvalue weighted by molar-refractivity contribution is 14.1. The Morgan fingerprint density at radius 2 is 2.00 bits per heavy atom. The predicted molar refractivity (Wildman–Crippen MR) is 87.4 cm³/mol. The second-order valence-electron chi connectivity index (χ2n) is 4.81. The van der Waals surface area contributed by atoms with E-state index in [0.29, 0.717) is 11.8 Å². The monoisotopic (exact) mass is 381 g/mol. The van der Waals surface area contributed by atoms with E-state index in [9.17, 15) is 0 Å². The maximum absolute atomic E-state index is 5.84. The Labute approximate surface area is 132 Å². The third kappa shape index (κ3) is 3.39. The van der Waals surface area contributed by atoms with Crippen LogP contribution in [-0.2, 0) is 0 Å². The topological polar surface area (TPSA) is 47.0 Å². The molecule has 1 aliphatic carbocycles. The van der Waals surface area contributed by atoms with Gasteiger partial charge in [-0.2, -0.15) is 4.98 Å². The number of hydrogen-bond acceptors (Lipinski definition) is 4. The first-order valence-electron chi connectivity index (χ1n) is 6.81. The molecule has 0 aliphatic heterocycles. The Morgan fingerprint density at radius 1 is 1.25 bits per heavy atom. The van der Waals surface area contributed by atoms with E-state index in [-0.39, 0.29) is 0 Å². The molecule has 0 saturated heterocycles. The molecule has 0 unspecified atom stereocenters. The molecule has 0 atom stereocenters. The minimum atomic E-state index is 0.507. The van der Waals surface area contributed by atoms with Gasteiger partial charge in [-0.15, -0.1) is 0 Å². The molecule has 2 aromatic rings. The summed E-state index contributed by atoms with van der Waals surface area (Å²) < 4.78 is 7.03. The first-order chi connectivity index (χ1) is 9.74. The SMILES string of the molecule is CCNc1cc(Oc2ccc(I)cc2)nc(C2CC2)n1. The van der Waals surface area contributed by atoms with Crippen LogP contribution < -0.4 is 10.1 Å². The molecule has 0 radical (unpaired) electrons. The third-order valence-electron chi connectivity index (χ3n) is 3.06. The van der Waals surface area contributed by atoms with Gasteiger partial charge in [0.15, 0.2) is 0 Å². The summed E-state index contributed by atoms with van der Waals surface area (Å²) in [6.45, 7) is 2.89. The maximum atomic E-state index is 5.84. The minimum Gasteiger partial charge on any atom is -0.439 e. The van der Waals surface area contributed by atoms with Crippen molar-refractivity contribution in [1.29, 1.82) is 0 Å². The summed E-state index contributed by atoms with van der Waals surface area (Å²) in [6, 6.07) is 9.79. The molecule has 1 aliphatic rings. The molecule has 3 rings (SSSR count). The molecule has 5 heteroatoms. The second-order valence-corrected chi connectivity index (χ2v) is 6.06. The zero-order valence-corrected chi connectivity index (χ0v) is 13.4. The highest BCUT2D eigenvalue weighted by atomic mass is 127. The van der Waals surface area contributed by atoms with E-state index in [1.807, 2.05) is 30.3 Å². The van der Waals surface area contributed by atoms with Crippen LogP contribution in [-0.4, -0.2) is 16.5 Å². The Bertz CT molecular complexity index is 597. The van der Waals surface area contributed by atoms with Gasteiger partial charge in [-0.1, -0.05) is 0 Å². The van der Waals surface area contributed by atoms with Crippen LogP contribution in [0.5, 0.6) is 11.6 Å². The van der Waals surface area contributed by atoms with Crippen molar-refractivity contribution in [1.82, 2.24) is 9.97 Å². The molecule has 1 fully saturated rings. The van der Waals surface area contributed by atoms with Crippen LogP contribution in [0.1, 0.15) is 31.5 Å². The molecular weight excluding hydrogens is 365 g/mol.